The minimum absolute atomic E-state index is 0.109. The Morgan fingerprint density at radius 1 is 1.22 bits per heavy atom. The van der Waals surface area contributed by atoms with Gasteiger partial charge in [-0.2, -0.15) is 0 Å². The second-order valence-electron chi connectivity index (χ2n) is 6.28. The third-order valence-corrected chi connectivity index (χ3v) is 4.42. The van der Waals surface area contributed by atoms with Gasteiger partial charge in [-0.15, -0.1) is 0 Å². The van der Waals surface area contributed by atoms with E-state index in [4.69, 9.17) is 11.6 Å². The van der Waals surface area contributed by atoms with Crippen LogP contribution in [0.4, 0.5) is 0 Å². The van der Waals surface area contributed by atoms with E-state index in [1.807, 2.05) is 48.5 Å². The molecule has 2 aromatic rings. The van der Waals surface area contributed by atoms with Gasteiger partial charge in [0, 0.05) is 22.2 Å². The van der Waals surface area contributed by atoms with E-state index in [0.717, 1.165) is 40.4 Å². The van der Waals surface area contributed by atoms with E-state index in [1.165, 1.54) is 0 Å². The van der Waals surface area contributed by atoms with E-state index in [1.54, 1.807) is 0 Å². The summed E-state index contributed by atoms with van der Waals surface area (Å²) in [5.74, 6) is 0.109. The number of nitrogens with one attached hydrogen (secondary N) is 2. The third-order valence-electron chi connectivity index (χ3n) is 4.18. The van der Waals surface area contributed by atoms with Crippen molar-refractivity contribution >= 4 is 17.5 Å². The van der Waals surface area contributed by atoms with Crippen molar-refractivity contribution in [2.45, 2.75) is 31.5 Å². The first-order valence-corrected chi connectivity index (χ1v) is 8.43. The van der Waals surface area contributed by atoms with Crippen molar-refractivity contribution in [3.8, 4) is 0 Å². The van der Waals surface area contributed by atoms with Gasteiger partial charge in [0.25, 0.3) is 5.91 Å². The van der Waals surface area contributed by atoms with Crippen LogP contribution in [0.3, 0.4) is 0 Å². The van der Waals surface area contributed by atoms with Crippen LogP contribution >= 0.6 is 11.6 Å². The molecule has 1 amide bonds. The fraction of sp³-hybridized carbons (Fsp3) is 0.316. The highest BCUT2D eigenvalue weighted by Gasteiger charge is 2.33. The summed E-state index contributed by atoms with van der Waals surface area (Å²) < 4.78 is 0. The fourth-order valence-electron chi connectivity index (χ4n) is 2.89. The number of carbonyl (C=O) groups is 1. The molecular weight excluding hydrogens is 308 g/mol. The van der Waals surface area contributed by atoms with Gasteiger partial charge < -0.3 is 10.2 Å². The second-order valence-corrected chi connectivity index (χ2v) is 6.72. The lowest BCUT2D eigenvalue weighted by molar-refractivity contribution is -0.916. The minimum atomic E-state index is -0.212. The normalized spacial score (nSPS) is 16.6. The molecule has 2 N–H and O–H groups in total. The number of likely N-dealkylation sites (N-methyl/N-ethyl adjacent to an activating group) is 1. The van der Waals surface area contributed by atoms with Gasteiger partial charge in [-0.05, 0) is 25.0 Å². The van der Waals surface area contributed by atoms with Crippen LogP contribution in [-0.2, 0) is 11.3 Å². The van der Waals surface area contributed by atoms with E-state index >= 15 is 0 Å². The molecule has 0 radical (unpaired) electrons. The van der Waals surface area contributed by atoms with Crippen LogP contribution < -0.4 is 10.2 Å². The smallest absolute Gasteiger partial charge is 0.283 e. The Morgan fingerprint density at radius 2 is 1.96 bits per heavy atom. The molecule has 3 rings (SSSR count). The van der Waals surface area contributed by atoms with Gasteiger partial charge in [-0.1, -0.05) is 54.1 Å². The average Bonchev–Trinajstić information content (AvgIpc) is 3.32. The Morgan fingerprint density at radius 3 is 2.61 bits per heavy atom. The predicted molar refractivity (Wildman–Crippen MR) is 92.4 cm³/mol. The SMILES string of the molecule is C[NH+](Cc1cccc(Cl)c1)[C@H](C(=O)NC1CC1)c1ccccc1. The molecule has 4 heteroatoms. The Balaban J connectivity index is 1.80. The summed E-state index contributed by atoms with van der Waals surface area (Å²) in [5, 5.41) is 3.88. The summed E-state index contributed by atoms with van der Waals surface area (Å²) in [6.07, 6.45) is 2.20. The van der Waals surface area contributed by atoms with Gasteiger partial charge in [0.2, 0.25) is 0 Å². The van der Waals surface area contributed by atoms with E-state index in [0.29, 0.717) is 6.04 Å². The Hall–Kier alpha value is -1.84. The Kier molecular flexibility index (Phi) is 4.99. The summed E-state index contributed by atoms with van der Waals surface area (Å²) >= 11 is 6.08. The van der Waals surface area contributed by atoms with Crippen molar-refractivity contribution in [1.29, 1.82) is 0 Å². The van der Waals surface area contributed by atoms with Gasteiger partial charge in [-0.3, -0.25) is 4.79 Å². The van der Waals surface area contributed by atoms with Crippen molar-refractivity contribution < 1.29 is 9.69 Å². The van der Waals surface area contributed by atoms with Crippen LogP contribution in [0.25, 0.3) is 0 Å². The zero-order chi connectivity index (χ0) is 16.2. The molecule has 1 aliphatic rings. The molecule has 1 fully saturated rings. The van der Waals surface area contributed by atoms with Gasteiger partial charge in [0.1, 0.15) is 6.54 Å². The molecule has 3 nitrogen and oxygen atoms in total. The molecule has 2 aromatic carbocycles. The minimum Gasteiger partial charge on any atom is -0.348 e. The van der Waals surface area contributed by atoms with Crippen LogP contribution in [0, 0.1) is 0 Å². The van der Waals surface area contributed by atoms with Crippen molar-refractivity contribution in [1.82, 2.24) is 5.32 Å². The van der Waals surface area contributed by atoms with Gasteiger partial charge in [0.05, 0.1) is 7.05 Å². The first kappa shape index (κ1) is 16.0. The molecule has 0 aromatic heterocycles. The zero-order valence-electron chi connectivity index (χ0n) is 13.3. The average molecular weight is 330 g/mol. The molecule has 23 heavy (non-hydrogen) atoms. The third kappa shape index (κ3) is 4.34. The van der Waals surface area contributed by atoms with E-state index in [-0.39, 0.29) is 11.9 Å². The predicted octanol–water partition coefficient (Wildman–Crippen LogP) is 2.37. The standard InChI is InChI=1S/C19H21ClN2O/c1-22(13-14-6-5-9-16(20)12-14)18(15-7-3-2-4-8-15)19(23)21-17-10-11-17/h2-9,12,17-18H,10-11,13H2,1H3,(H,21,23)/p+1/t18-/m0/s1. The summed E-state index contributed by atoms with van der Waals surface area (Å²) in [4.78, 5) is 13.9. The zero-order valence-corrected chi connectivity index (χ0v) is 14.0. The topological polar surface area (TPSA) is 33.5 Å². The van der Waals surface area contributed by atoms with E-state index in [2.05, 4.69) is 18.4 Å². The highest BCUT2D eigenvalue weighted by Crippen LogP contribution is 2.20. The molecule has 120 valence electrons. The summed E-state index contributed by atoms with van der Waals surface area (Å²) in [6, 6.07) is 18.0. The number of rotatable bonds is 6. The lowest BCUT2D eigenvalue weighted by Crippen LogP contribution is -3.09. The number of amides is 1. The Labute approximate surface area is 142 Å². The monoisotopic (exact) mass is 329 g/mol. The van der Waals surface area contributed by atoms with Gasteiger partial charge in [0.15, 0.2) is 6.04 Å². The molecular formula is C19H22ClN2O+. The maximum absolute atomic E-state index is 12.7. The van der Waals surface area contributed by atoms with Crippen molar-refractivity contribution in [3.63, 3.8) is 0 Å². The van der Waals surface area contributed by atoms with Crippen LogP contribution in [0.2, 0.25) is 5.02 Å². The number of hydrogen-bond donors (Lipinski definition) is 2. The molecule has 1 unspecified atom stereocenters. The quantitative estimate of drug-likeness (QED) is 0.838. The Bertz CT molecular complexity index is 670. The van der Waals surface area contributed by atoms with Crippen LogP contribution in [0.15, 0.2) is 54.6 Å². The molecule has 0 aliphatic heterocycles. The number of hydrogen-bond acceptors (Lipinski definition) is 1. The lowest BCUT2D eigenvalue weighted by Gasteiger charge is -2.25. The summed E-state index contributed by atoms with van der Waals surface area (Å²) in [7, 11) is 2.06. The number of quaternary nitrogens is 1. The lowest BCUT2D eigenvalue weighted by atomic mass is 10.0. The first-order valence-electron chi connectivity index (χ1n) is 8.05. The van der Waals surface area contributed by atoms with Crippen LogP contribution in [0.1, 0.15) is 30.0 Å². The van der Waals surface area contributed by atoms with Crippen LogP contribution in [0.5, 0.6) is 0 Å². The molecule has 0 bridgehead atoms. The highest BCUT2D eigenvalue weighted by molar-refractivity contribution is 6.30. The molecule has 1 saturated carbocycles. The molecule has 0 spiro atoms. The number of halogens is 1. The van der Waals surface area contributed by atoms with Crippen LogP contribution in [-0.4, -0.2) is 19.0 Å². The maximum Gasteiger partial charge on any atom is 0.283 e. The van der Waals surface area contributed by atoms with Gasteiger partial charge in [-0.25, -0.2) is 0 Å². The van der Waals surface area contributed by atoms with Crippen molar-refractivity contribution in [3.05, 3.63) is 70.7 Å². The maximum atomic E-state index is 12.7. The summed E-state index contributed by atoms with van der Waals surface area (Å²) in [5.41, 5.74) is 2.18. The summed E-state index contributed by atoms with van der Waals surface area (Å²) in [6.45, 7) is 0.748. The largest absolute Gasteiger partial charge is 0.348 e. The highest BCUT2D eigenvalue weighted by atomic mass is 35.5. The number of carbonyl (C=O) groups excluding carboxylic acids is 1. The van der Waals surface area contributed by atoms with Gasteiger partial charge >= 0.3 is 0 Å². The van der Waals surface area contributed by atoms with Crippen molar-refractivity contribution in [2.24, 2.45) is 0 Å². The van der Waals surface area contributed by atoms with E-state index < -0.39 is 0 Å². The first-order chi connectivity index (χ1) is 11.1. The van der Waals surface area contributed by atoms with E-state index in [9.17, 15) is 4.79 Å². The molecule has 1 aliphatic carbocycles. The van der Waals surface area contributed by atoms with Crippen molar-refractivity contribution in [2.75, 3.05) is 7.05 Å². The fourth-order valence-corrected chi connectivity index (χ4v) is 3.10. The molecule has 2 atom stereocenters. The molecule has 0 heterocycles. The second kappa shape index (κ2) is 7.16. The molecule has 0 saturated heterocycles. The number of benzene rings is 2.